The maximum absolute atomic E-state index is 12.8. The second kappa shape index (κ2) is 6.69. The summed E-state index contributed by atoms with van der Waals surface area (Å²) in [5, 5.41) is 0.578. The number of aromatic amines is 1. The Balaban J connectivity index is 1.54. The number of piperidine rings is 1. The first kappa shape index (κ1) is 15.8. The average molecular weight is 335 g/mol. The molecule has 2 aromatic carbocycles. The van der Waals surface area contributed by atoms with Gasteiger partial charge in [0, 0.05) is 25.7 Å². The molecule has 5 nitrogen and oxygen atoms in total. The van der Waals surface area contributed by atoms with Crippen LogP contribution in [0.1, 0.15) is 24.4 Å². The second-order valence-electron chi connectivity index (χ2n) is 6.64. The van der Waals surface area contributed by atoms with Crippen molar-refractivity contribution in [1.29, 1.82) is 0 Å². The summed E-state index contributed by atoms with van der Waals surface area (Å²) in [6.07, 6.45) is 1.63. The minimum atomic E-state index is -0.301. The molecule has 2 heterocycles. The van der Waals surface area contributed by atoms with Gasteiger partial charge in [0.1, 0.15) is 0 Å². The van der Waals surface area contributed by atoms with E-state index in [1.54, 1.807) is 12.1 Å². The van der Waals surface area contributed by atoms with Crippen LogP contribution in [0.15, 0.2) is 64.2 Å². The Bertz CT molecular complexity index is 983. The van der Waals surface area contributed by atoms with E-state index in [0.29, 0.717) is 10.9 Å². The van der Waals surface area contributed by atoms with Gasteiger partial charge in [0.25, 0.3) is 5.56 Å². The molecule has 1 aliphatic heterocycles. The maximum atomic E-state index is 12.8. The van der Waals surface area contributed by atoms with Crippen LogP contribution in [0.3, 0.4) is 0 Å². The van der Waals surface area contributed by atoms with Crippen LogP contribution in [-0.4, -0.2) is 27.5 Å². The predicted octanol–water partition coefficient (Wildman–Crippen LogP) is 2.53. The molecule has 0 radical (unpaired) electrons. The molecular weight excluding hydrogens is 314 g/mol. The minimum absolute atomic E-state index is 0.0344. The van der Waals surface area contributed by atoms with Gasteiger partial charge < -0.3 is 4.98 Å². The Labute approximate surface area is 145 Å². The topological polar surface area (TPSA) is 58.1 Å². The van der Waals surface area contributed by atoms with Crippen LogP contribution in [0, 0.1) is 0 Å². The van der Waals surface area contributed by atoms with Crippen molar-refractivity contribution in [1.82, 2.24) is 14.5 Å². The number of nitrogens with zero attached hydrogens (tertiary/aromatic N) is 2. The highest BCUT2D eigenvalue weighted by Crippen LogP contribution is 2.21. The number of H-pyrrole nitrogens is 1. The van der Waals surface area contributed by atoms with Gasteiger partial charge in [0.05, 0.1) is 10.9 Å². The molecule has 0 spiro atoms. The molecule has 25 heavy (non-hydrogen) atoms. The van der Waals surface area contributed by atoms with Gasteiger partial charge in [-0.2, -0.15) is 0 Å². The fourth-order valence-electron chi connectivity index (χ4n) is 3.68. The number of para-hydroxylation sites is 1. The fourth-order valence-corrected chi connectivity index (χ4v) is 3.68. The SMILES string of the molecule is O=c1[nH]c2ccccc2c(=O)n1C1CCN(Cc2ccccc2)CC1. The average Bonchev–Trinajstić information content (AvgIpc) is 2.64. The Hall–Kier alpha value is -2.66. The molecule has 0 bridgehead atoms. The summed E-state index contributed by atoms with van der Waals surface area (Å²) in [5.41, 5.74) is 1.42. The van der Waals surface area contributed by atoms with Crippen molar-refractivity contribution in [2.45, 2.75) is 25.4 Å². The minimum Gasteiger partial charge on any atom is -0.307 e. The Kier molecular flexibility index (Phi) is 4.24. The largest absolute Gasteiger partial charge is 0.329 e. The molecule has 0 amide bonds. The zero-order chi connectivity index (χ0) is 17.2. The molecule has 1 N–H and O–H groups in total. The van der Waals surface area contributed by atoms with E-state index in [0.717, 1.165) is 32.5 Å². The smallest absolute Gasteiger partial charge is 0.307 e. The first-order chi connectivity index (χ1) is 12.2. The molecule has 3 aromatic rings. The molecule has 1 saturated heterocycles. The van der Waals surface area contributed by atoms with E-state index in [1.165, 1.54) is 10.1 Å². The lowest BCUT2D eigenvalue weighted by molar-refractivity contribution is 0.176. The number of hydrogen-bond donors (Lipinski definition) is 1. The van der Waals surface area contributed by atoms with Crippen molar-refractivity contribution in [3.63, 3.8) is 0 Å². The van der Waals surface area contributed by atoms with Gasteiger partial charge in [0.2, 0.25) is 0 Å². The summed E-state index contributed by atoms with van der Waals surface area (Å²) < 4.78 is 1.42. The van der Waals surface area contributed by atoms with Gasteiger partial charge >= 0.3 is 5.69 Å². The van der Waals surface area contributed by atoms with Crippen LogP contribution < -0.4 is 11.2 Å². The van der Waals surface area contributed by atoms with Crippen molar-refractivity contribution in [3.05, 3.63) is 81.0 Å². The van der Waals surface area contributed by atoms with Crippen LogP contribution in [0.5, 0.6) is 0 Å². The van der Waals surface area contributed by atoms with E-state index in [2.05, 4.69) is 34.1 Å². The van der Waals surface area contributed by atoms with Crippen molar-refractivity contribution in [3.8, 4) is 0 Å². The molecule has 1 aromatic heterocycles. The van der Waals surface area contributed by atoms with E-state index in [-0.39, 0.29) is 17.3 Å². The lowest BCUT2D eigenvalue weighted by Gasteiger charge is -2.32. The summed E-state index contributed by atoms with van der Waals surface area (Å²) in [7, 11) is 0. The number of aromatic nitrogens is 2. The van der Waals surface area contributed by atoms with E-state index in [1.807, 2.05) is 18.2 Å². The van der Waals surface area contributed by atoms with Crippen molar-refractivity contribution >= 4 is 10.9 Å². The molecule has 0 unspecified atom stereocenters. The first-order valence-corrected chi connectivity index (χ1v) is 8.72. The molecular formula is C20H21N3O2. The molecule has 0 aliphatic carbocycles. The van der Waals surface area contributed by atoms with Gasteiger partial charge in [-0.3, -0.25) is 14.3 Å². The van der Waals surface area contributed by atoms with Gasteiger partial charge in [-0.25, -0.2) is 4.79 Å². The number of fused-ring (bicyclic) bond motifs is 1. The molecule has 1 aliphatic rings. The summed E-state index contributed by atoms with van der Waals surface area (Å²) in [6.45, 7) is 2.69. The van der Waals surface area contributed by atoms with Crippen LogP contribution >= 0.6 is 0 Å². The van der Waals surface area contributed by atoms with Gasteiger partial charge in [-0.1, -0.05) is 42.5 Å². The quantitative estimate of drug-likeness (QED) is 0.800. The highest BCUT2D eigenvalue weighted by molar-refractivity contribution is 5.76. The van der Waals surface area contributed by atoms with Crippen LogP contribution in [0.4, 0.5) is 0 Å². The normalized spacial score (nSPS) is 16.3. The zero-order valence-corrected chi connectivity index (χ0v) is 14.0. The van der Waals surface area contributed by atoms with Crippen LogP contribution in [-0.2, 0) is 6.54 Å². The Morgan fingerprint density at radius 3 is 2.36 bits per heavy atom. The highest BCUT2D eigenvalue weighted by Gasteiger charge is 2.23. The molecule has 4 rings (SSSR count). The van der Waals surface area contributed by atoms with Crippen LogP contribution in [0.2, 0.25) is 0 Å². The molecule has 0 saturated carbocycles. The predicted molar refractivity (Wildman–Crippen MR) is 98.8 cm³/mol. The summed E-state index contributed by atoms with van der Waals surface area (Å²) in [5.74, 6) is 0. The highest BCUT2D eigenvalue weighted by atomic mass is 16.2. The van der Waals surface area contributed by atoms with Gasteiger partial charge in [0.15, 0.2) is 0 Å². The number of hydrogen-bond acceptors (Lipinski definition) is 3. The first-order valence-electron chi connectivity index (χ1n) is 8.72. The van der Waals surface area contributed by atoms with Crippen molar-refractivity contribution in [2.75, 3.05) is 13.1 Å². The Morgan fingerprint density at radius 1 is 0.920 bits per heavy atom. The molecule has 128 valence electrons. The van der Waals surface area contributed by atoms with E-state index in [4.69, 9.17) is 0 Å². The lowest BCUT2D eigenvalue weighted by atomic mass is 10.0. The lowest BCUT2D eigenvalue weighted by Crippen LogP contribution is -2.43. The number of rotatable bonds is 3. The molecule has 1 fully saturated rings. The van der Waals surface area contributed by atoms with E-state index in [9.17, 15) is 9.59 Å². The van der Waals surface area contributed by atoms with Crippen molar-refractivity contribution < 1.29 is 0 Å². The monoisotopic (exact) mass is 335 g/mol. The standard InChI is InChI=1S/C20H21N3O2/c24-19-17-8-4-5-9-18(17)21-20(25)23(19)16-10-12-22(13-11-16)14-15-6-2-1-3-7-15/h1-9,16H,10-14H2,(H,21,25). The maximum Gasteiger partial charge on any atom is 0.329 e. The van der Waals surface area contributed by atoms with Crippen molar-refractivity contribution in [2.24, 2.45) is 0 Å². The third-order valence-corrected chi connectivity index (χ3v) is 5.01. The van der Waals surface area contributed by atoms with E-state index >= 15 is 0 Å². The number of likely N-dealkylation sites (tertiary alicyclic amines) is 1. The van der Waals surface area contributed by atoms with Crippen LogP contribution in [0.25, 0.3) is 10.9 Å². The summed E-state index contributed by atoms with van der Waals surface area (Å²) >= 11 is 0. The fraction of sp³-hybridized carbons (Fsp3) is 0.300. The van der Waals surface area contributed by atoms with Gasteiger partial charge in [-0.15, -0.1) is 0 Å². The van der Waals surface area contributed by atoms with Gasteiger partial charge in [-0.05, 0) is 30.5 Å². The number of nitrogens with one attached hydrogen (secondary N) is 1. The number of benzene rings is 2. The summed E-state index contributed by atoms with van der Waals surface area (Å²) in [6, 6.07) is 17.5. The molecule has 0 atom stereocenters. The van der Waals surface area contributed by atoms with E-state index < -0.39 is 0 Å². The third-order valence-electron chi connectivity index (χ3n) is 5.01. The summed E-state index contributed by atoms with van der Waals surface area (Å²) in [4.78, 5) is 30.4. The second-order valence-corrected chi connectivity index (χ2v) is 6.64. The molecule has 5 heteroatoms. The zero-order valence-electron chi connectivity index (χ0n) is 14.0. The third kappa shape index (κ3) is 3.15. The Morgan fingerprint density at radius 2 is 1.60 bits per heavy atom.